The Kier molecular flexibility index (Phi) is 68.2. The normalized spacial score (nSPS) is 17.6. The van der Waals surface area contributed by atoms with Gasteiger partial charge in [-0.25, -0.2) is 14.7 Å². The zero-order chi connectivity index (χ0) is 91.3. The Morgan fingerprint density at radius 2 is 0.892 bits per heavy atom. The first-order chi connectivity index (χ1) is 56.3. The molecule has 2 fully saturated rings. The van der Waals surface area contributed by atoms with E-state index in [1.165, 1.54) is 46.3 Å². The van der Waals surface area contributed by atoms with Gasteiger partial charge in [-0.1, -0.05) is 271 Å². The maximum Gasteiger partial charge on any atom is 0.334 e. The van der Waals surface area contributed by atoms with Crippen molar-refractivity contribution in [2.24, 2.45) is 21.4 Å². The monoisotopic (exact) mass is 2060 g/mol. The Balaban J connectivity index is -0.00000133. The number of alkyl halides is 2. The van der Waals surface area contributed by atoms with Crippen LogP contribution >= 0.6 is 204 Å². The van der Waals surface area contributed by atoms with Crippen LogP contribution in [0.4, 0.5) is 0 Å². The van der Waals surface area contributed by atoms with E-state index in [9.17, 15) is 23.3 Å². The first-order valence-electron chi connectivity index (χ1n) is 35.3. The largest absolute Gasteiger partial charge is 0.400 e. The second kappa shape index (κ2) is 66.4. The van der Waals surface area contributed by atoms with Gasteiger partial charge in [-0.15, -0.1) is 157 Å². The number of carbonyl (C=O) groups excluding carboxylic acids is 2. The SMILES string of the molecule is CC(C)COO.CO.COP(N=C=O)OC.COP1(=O)C(C)C(=O)NC1(c1ccccc1)c1ccccc1.COP1(=O)N(C)C(=S)NC1(c1ccccc1)c1ccccc1.COP1(=O)N(C)C(N)=NC1(c1ccccc1)c1ccccc1.CP.ClCCl.N.N=C(c1ccccc1)c1ccccc1.PC(P)(P)P.PC(P)P.PCP.PPC(P)(P)P. The van der Waals surface area contributed by atoms with Crippen LogP contribution in [-0.2, 0) is 66.6 Å². The summed E-state index contributed by atoms with van der Waals surface area (Å²) in [5.74, 6) is 1.46. The molecule has 44 heteroatoms. The summed E-state index contributed by atoms with van der Waals surface area (Å²) < 4.78 is 73.3. The van der Waals surface area contributed by atoms with E-state index in [4.69, 9.17) is 70.5 Å². The third kappa shape index (κ3) is 39.0. The molecule has 3 aliphatic heterocycles. The minimum absolute atomic E-state index is 0. The maximum absolute atomic E-state index is 13.7. The summed E-state index contributed by atoms with van der Waals surface area (Å²) in [7, 11) is 37.5. The molecule has 0 aliphatic carbocycles. The maximum atomic E-state index is 13.7. The van der Waals surface area contributed by atoms with Crippen molar-refractivity contribution < 1.29 is 61.2 Å². The van der Waals surface area contributed by atoms with E-state index in [1.54, 1.807) is 25.7 Å². The summed E-state index contributed by atoms with van der Waals surface area (Å²) >= 11 is 14.9. The minimum Gasteiger partial charge on any atom is -0.400 e. The lowest BCUT2D eigenvalue weighted by atomic mass is 9.97. The Labute approximate surface area is 765 Å². The van der Waals surface area contributed by atoms with Gasteiger partial charge in [-0.2, -0.15) is 0 Å². The first-order valence-corrected chi connectivity index (χ1v) is 54.4. The predicted octanol–water partition coefficient (Wildman–Crippen LogP) is 21.0. The molecule has 666 valence electrons. The number of nitrogens with one attached hydrogen (secondary N) is 3. The lowest BCUT2D eigenvalue weighted by Gasteiger charge is -2.35. The van der Waals surface area contributed by atoms with Crippen LogP contribution in [0.25, 0.3) is 0 Å². The van der Waals surface area contributed by atoms with Crippen LogP contribution in [0.1, 0.15) is 65.3 Å². The number of halogens is 2. The Hall–Kier alpha value is -0.970. The van der Waals surface area contributed by atoms with Gasteiger partial charge in [0.1, 0.15) is 5.66 Å². The number of hydrogen-bond acceptors (Lipinski definition) is 19. The van der Waals surface area contributed by atoms with Crippen LogP contribution in [0, 0.1) is 11.3 Å². The van der Waals surface area contributed by atoms with Crippen molar-refractivity contribution >= 4 is 232 Å². The van der Waals surface area contributed by atoms with Crippen LogP contribution < -0.4 is 22.5 Å². The third-order valence-corrected chi connectivity index (χ3v) is 32.7. The summed E-state index contributed by atoms with van der Waals surface area (Å²) in [4.78, 5) is 30.2. The Morgan fingerprint density at radius 1 is 0.617 bits per heavy atom. The molecule has 0 radical (unpaired) electrons. The number of nitrogens with two attached hydrogens (primary N) is 1. The number of isocyanates is 1. The molecule has 0 saturated carbocycles. The molecular formula is C76H124Cl2N9O13P19S. The molecule has 10 N–H and O–H groups in total. The molecule has 19 unspecified atom stereocenters. The van der Waals surface area contributed by atoms with E-state index in [1.807, 2.05) is 263 Å². The van der Waals surface area contributed by atoms with Crippen LogP contribution in [0.15, 0.2) is 252 Å². The molecule has 0 bridgehead atoms. The molecule has 2 saturated heterocycles. The molecule has 8 aromatic carbocycles. The van der Waals surface area contributed by atoms with E-state index < -0.39 is 52.4 Å². The number of aliphatic imine (C=N–C) groups is 1. The number of thiocarbonyl (C=S) groups is 1. The van der Waals surface area contributed by atoms with Gasteiger partial charge in [0.2, 0.25) is 24.6 Å². The predicted molar refractivity (Wildman–Crippen MR) is 571 cm³/mol. The first kappa shape index (κ1) is 123. The van der Waals surface area contributed by atoms with Gasteiger partial charge in [0.05, 0.1) is 17.7 Å². The number of carbonyl (C=O) groups is 1. The summed E-state index contributed by atoms with van der Waals surface area (Å²) in [5.41, 5.74) is 12.6. The smallest absolute Gasteiger partial charge is 0.334 e. The number of aliphatic hydroxyl groups excluding tert-OH is 1. The zero-order valence-electron chi connectivity index (χ0n) is 69.4. The number of amides is 1. The van der Waals surface area contributed by atoms with Crippen LogP contribution in [0.5, 0.6) is 0 Å². The molecular weight excluding hydrogens is 1940 g/mol. The van der Waals surface area contributed by atoms with Crippen molar-refractivity contribution in [2.45, 2.75) is 56.2 Å². The van der Waals surface area contributed by atoms with Gasteiger partial charge in [0.15, 0.2) is 21.6 Å². The molecule has 0 spiro atoms. The summed E-state index contributed by atoms with van der Waals surface area (Å²) in [6.07, 6.45) is 1.32. The molecule has 3 heterocycles. The van der Waals surface area contributed by atoms with E-state index in [0.717, 1.165) is 65.8 Å². The van der Waals surface area contributed by atoms with Crippen molar-refractivity contribution in [1.29, 1.82) is 5.41 Å². The van der Waals surface area contributed by atoms with Crippen LogP contribution in [0.2, 0.25) is 0 Å². The zero-order valence-corrected chi connectivity index (χ0v) is 92.5. The fraction of sp³-hybridized carbons (Fsp3) is 0.303. The van der Waals surface area contributed by atoms with Gasteiger partial charge in [0, 0.05) is 70.7 Å². The van der Waals surface area contributed by atoms with Gasteiger partial charge in [0.25, 0.3) is 0 Å². The molecule has 22 nitrogen and oxygen atoms in total. The lowest BCUT2D eigenvalue weighted by Crippen LogP contribution is -2.40. The lowest BCUT2D eigenvalue weighted by molar-refractivity contribution is -0.248. The summed E-state index contributed by atoms with van der Waals surface area (Å²) in [6, 6.07) is 76.6. The van der Waals surface area contributed by atoms with Crippen molar-refractivity contribution in [3.63, 3.8) is 0 Å². The number of guanidine groups is 1. The number of benzene rings is 8. The molecule has 0 aromatic heterocycles. The number of nitrogens with zero attached hydrogens (tertiary/aromatic N) is 4. The molecule has 3 aliphatic rings. The van der Waals surface area contributed by atoms with Crippen molar-refractivity contribution in [2.75, 3.05) is 81.3 Å². The standard InChI is InChI=1S/C17H18NO3P.C16H18N3O2P.C16H17N2O2PS.C13H11N.C4H10O2.C3H6NO3P.CH2Cl2.CH4O.CH9P5.CH8P4.CH7P3.CH6P2.CH5P.H3N/c1-13-16(19)18-17(22(13,20)21-2,14-9-5-3-6-10-14)15-11-7-4-8-12-15;1-19-15(17)18-16(22(19,20)21-2,13-9-5-3-6-10-13)14-11-7-4-8-12-14;1-18-15(22)17-16(21(18,19)20-2,13-9-5-3-6-10-13)14-11-7-4-8-12-14;14-13(11-7-3-1-4-8-11)12-9-5-2-6-10-12;1-4(2)3-6-5;1-6-8(7-2)4-3-5;2-1-3;1-2;2-1(3,4)6-5;2-1(3,4)5;2-1(3)4;2-1-3;1-2;/h3-13H,1-2H3,(H,18,19);3-12H,1-2H3,(H2,17,18);3-12H,1-2H3,(H,17,22);1-10,14H;4-5H,3H2,1-2H3;1-2H3;1H2;2H,1H3;6H,2-5H2;2-5H2;1H,2-4H2;1-3H2;2H2,1H3;1H3. The van der Waals surface area contributed by atoms with E-state index in [-0.39, 0.29) is 32.1 Å². The van der Waals surface area contributed by atoms with Crippen molar-refractivity contribution in [1.82, 2.24) is 26.1 Å². The second-order valence-electron chi connectivity index (χ2n) is 24.2. The minimum atomic E-state index is -3.38. The fourth-order valence-corrected chi connectivity index (χ4v) is 19.3. The average molecular weight is 2060 g/mol. The Morgan fingerprint density at radius 3 is 1.12 bits per heavy atom. The molecule has 120 heavy (non-hydrogen) atoms. The fourth-order valence-electron chi connectivity index (χ4n) is 10.6. The van der Waals surface area contributed by atoms with E-state index in [2.05, 4.69) is 163 Å². The quantitative estimate of drug-likeness (QED) is 0.00847. The summed E-state index contributed by atoms with van der Waals surface area (Å²) in [5, 5.41) is 26.8. The Bertz CT molecular complexity index is 4020. The molecule has 19 atom stereocenters. The molecule has 8 aromatic rings. The van der Waals surface area contributed by atoms with Gasteiger partial charge < -0.3 is 50.2 Å². The highest BCUT2D eigenvalue weighted by molar-refractivity contribution is 8.11. The third-order valence-electron chi connectivity index (χ3n) is 15.6. The van der Waals surface area contributed by atoms with Gasteiger partial charge >= 0.3 is 23.6 Å². The van der Waals surface area contributed by atoms with Crippen LogP contribution in [0.3, 0.4) is 0 Å². The van der Waals surface area contributed by atoms with Crippen LogP contribution in [-0.4, -0.2) is 149 Å². The molecule has 11 rings (SSSR count). The van der Waals surface area contributed by atoms with Gasteiger partial charge in [-0.05, 0) is 75.5 Å². The highest BCUT2D eigenvalue weighted by atomic mass is 35.5. The second-order valence-corrected chi connectivity index (χ2v) is 58.2. The van der Waals surface area contributed by atoms with Crippen molar-refractivity contribution in [3.8, 4) is 0 Å². The highest BCUT2D eigenvalue weighted by Crippen LogP contribution is 2.73. The number of aliphatic hydroxyl groups is 1. The highest BCUT2D eigenvalue weighted by Gasteiger charge is 2.64. The average Bonchev–Trinajstić information content (AvgIpc) is 1.56. The van der Waals surface area contributed by atoms with Gasteiger partial charge in [-0.3, -0.25) is 38.5 Å². The number of hydrogen-bond donors (Lipinski definition) is 7. The topological polar surface area (TPSA) is 321 Å². The van der Waals surface area contributed by atoms with E-state index >= 15 is 0 Å². The number of rotatable bonds is 17. The summed E-state index contributed by atoms with van der Waals surface area (Å²) in [6.45, 7) is 7.94. The molecule has 1 amide bonds. The van der Waals surface area contributed by atoms with E-state index in [0.29, 0.717) is 28.5 Å². The van der Waals surface area contributed by atoms with Crippen molar-refractivity contribution in [3.05, 3.63) is 287 Å².